The third kappa shape index (κ3) is 6.92. The van der Waals surface area contributed by atoms with Crippen LogP contribution in [0, 0.1) is 0 Å². The van der Waals surface area contributed by atoms with Gasteiger partial charge in [-0.3, -0.25) is 9.97 Å². The average molecular weight is 693 g/mol. The van der Waals surface area contributed by atoms with E-state index in [0.29, 0.717) is 17.5 Å². The third-order valence-electron chi connectivity index (χ3n) is 9.32. The summed E-state index contributed by atoms with van der Waals surface area (Å²) >= 11 is 0. The van der Waals surface area contributed by atoms with Crippen molar-refractivity contribution < 1.29 is 0 Å². The van der Waals surface area contributed by atoms with Gasteiger partial charge < -0.3 is 0 Å². The molecule has 0 saturated carbocycles. The topological polar surface area (TPSA) is 77.3 Å². The molecule has 4 heterocycles. The molecular formula is C48H32N6. The Kier molecular flexibility index (Phi) is 8.81. The number of aromatic nitrogens is 6. The largest absolute Gasteiger partial charge is 0.265 e. The van der Waals surface area contributed by atoms with E-state index in [4.69, 9.17) is 19.9 Å². The Balaban J connectivity index is 1.06. The molecular weight excluding hydrogens is 661 g/mol. The fourth-order valence-electron chi connectivity index (χ4n) is 6.50. The van der Waals surface area contributed by atoms with Gasteiger partial charge in [0.15, 0.2) is 17.5 Å². The standard InChI is InChI=1S/C48H32N6/c1-3-10-33(11-4-1)34-21-23-39(24-22-34)47-52-46(38-12-5-2-6-13-38)53-48(54-47)41-15-9-14-40(30-41)35-17-19-36(20-18-35)42-31-44(37-25-28-49-29-26-37)51-45(32-42)43-16-7-8-27-50-43/h1-32H. The van der Waals surface area contributed by atoms with E-state index in [1.54, 1.807) is 18.6 Å². The molecule has 0 N–H and O–H groups in total. The van der Waals surface area contributed by atoms with Gasteiger partial charge >= 0.3 is 0 Å². The third-order valence-corrected chi connectivity index (χ3v) is 9.32. The molecule has 0 saturated heterocycles. The van der Waals surface area contributed by atoms with Crippen molar-refractivity contribution in [1.82, 2.24) is 29.9 Å². The molecule has 0 aliphatic carbocycles. The molecule has 6 heteroatoms. The van der Waals surface area contributed by atoms with Crippen LogP contribution in [-0.2, 0) is 0 Å². The maximum atomic E-state index is 5.02. The highest BCUT2D eigenvalue weighted by atomic mass is 15.0. The first-order chi connectivity index (χ1) is 26.7. The summed E-state index contributed by atoms with van der Waals surface area (Å²) in [6.07, 6.45) is 5.37. The Morgan fingerprint density at radius 3 is 1.37 bits per heavy atom. The van der Waals surface area contributed by atoms with Crippen molar-refractivity contribution in [2.75, 3.05) is 0 Å². The van der Waals surface area contributed by atoms with Crippen LogP contribution >= 0.6 is 0 Å². The van der Waals surface area contributed by atoms with Crippen LogP contribution in [0.15, 0.2) is 195 Å². The highest BCUT2D eigenvalue weighted by molar-refractivity contribution is 5.79. The highest BCUT2D eigenvalue weighted by Crippen LogP contribution is 2.33. The van der Waals surface area contributed by atoms with E-state index in [0.717, 1.165) is 67.2 Å². The van der Waals surface area contributed by atoms with Crippen molar-refractivity contribution >= 4 is 0 Å². The first kappa shape index (κ1) is 32.5. The van der Waals surface area contributed by atoms with Crippen molar-refractivity contribution in [3.05, 3.63) is 195 Å². The smallest absolute Gasteiger partial charge is 0.164 e. The molecule has 54 heavy (non-hydrogen) atoms. The summed E-state index contributed by atoms with van der Waals surface area (Å²) in [4.78, 5) is 28.7. The van der Waals surface area contributed by atoms with E-state index in [-0.39, 0.29) is 0 Å². The molecule has 9 aromatic rings. The zero-order chi connectivity index (χ0) is 36.1. The molecule has 0 aliphatic heterocycles. The van der Waals surface area contributed by atoms with Gasteiger partial charge in [0.05, 0.1) is 17.1 Å². The summed E-state index contributed by atoms with van der Waals surface area (Å²) in [7, 11) is 0. The van der Waals surface area contributed by atoms with Gasteiger partial charge in [-0.25, -0.2) is 19.9 Å². The molecule has 254 valence electrons. The maximum absolute atomic E-state index is 5.02. The zero-order valence-corrected chi connectivity index (χ0v) is 29.2. The molecule has 0 amide bonds. The van der Waals surface area contributed by atoms with Crippen molar-refractivity contribution in [3.63, 3.8) is 0 Å². The average Bonchev–Trinajstić information content (AvgIpc) is 3.27. The van der Waals surface area contributed by atoms with Gasteiger partial charge in [0.2, 0.25) is 0 Å². The van der Waals surface area contributed by atoms with Crippen molar-refractivity contribution in [3.8, 4) is 90.2 Å². The lowest BCUT2D eigenvalue weighted by molar-refractivity contribution is 1.07. The second-order valence-electron chi connectivity index (χ2n) is 12.9. The second kappa shape index (κ2) is 14.7. The van der Waals surface area contributed by atoms with E-state index >= 15 is 0 Å². The van der Waals surface area contributed by atoms with E-state index < -0.39 is 0 Å². The fourth-order valence-corrected chi connectivity index (χ4v) is 6.50. The van der Waals surface area contributed by atoms with Crippen LogP contribution < -0.4 is 0 Å². The number of nitrogens with zero attached hydrogens (tertiary/aromatic N) is 6. The summed E-state index contributed by atoms with van der Waals surface area (Å²) in [6, 6.07) is 59.9. The Morgan fingerprint density at radius 2 is 0.722 bits per heavy atom. The second-order valence-corrected chi connectivity index (χ2v) is 12.9. The summed E-state index contributed by atoms with van der Waals surface area (Å²) in [5.74, 6) is 1.87. The molecule has 0 unspecified atom stereocenters. The van der Waals surface area contributed by atoms with Gasteiger partial charge in [0.25, 0.3) is 0 Å². The number of hydrogen-bond acceptors (Lipinski definition) is 6. The van der Waals surface area contributed by atoms with Gasteiger partial charge in [0, 0.05) is 40.8 Å². The Hall–Kier alpha value is -7.44. The molecule has 4 aromatic heterocycles. The van der Waals surface area contributed by atoms with Crippen molar-refractivity contribution in [2.24, 2.45) is 0 Å². The summed E-state index contributed by atoms with van der Waals surface area (Å²) in [5, 5.41) is 0. The lowest BCUT2D eigenvalue weighted by Crippen LogP contribution is -2.00. The lowest BCUT2D eigenvalue weighted by atomic mass is 9.97. The van der Waals surface area contributed by atoms with Crippen LogP contribution in [0.5, 0.6) is 0 Å². The molecule has 6 nitrogen and oxygen atoms in total. The number of rotatable bonds is 8. The first-order valence-corrected chi connectivity index (χ1v) is 17.8. The van der Waals surface area contributed by atoms with Crippen LogP contribution in [0.3, 0.4) is 0 Å². The molecule has 0 bridgehead atoms. The fraction of sp³-hybridized carbons (Fsp3) is 0. The molecule has 5 aromatic carbocycles. The summed E-state index contributed by atoms with van der Waals surface area (Å²) in [6.45, 7) is 0. The molecule has 0 aliphatic rings. The monoisotopic (exact) mass is 692 g/mol. The zero-order valence-electron chi connectivity index (χ0n) is 29.2. The Morgan fingerprint density at radius 1 is 0.241 bits per heavy atom. The molecule has 0 atom stereocenters. The van der Waals surface area contributed by atoms with Crippen LogP contribution in [-0.4, -0.2) is 29.9 Å². The lowest BCUT2D eigenvalue weighted by Gasteiger charge is -2.11. The number of benzene rings is 5. The first-order valence-electron chi connectivity index (χ1n) is 17.8. The van der Waals surface area contributed by atoms with Crippen LogP contribution in [0.1, 0.15) is 0 Å². The predicted octanol–water partition coefficient (Wildman–Crippen LogP) is 11.4. The Bertz CT molecular complexity index is 2610. The molecule has 0 radical (unpaired) electrons. The van der Waals surface area contributed by atoms with Gasteiger partial charge in [-0.2, -0.15) is 0 Å². The van der Waals surface area contributed by atoms with Gasteiger partial charge in [-0.05, 0) is 75.8 Å². The normalized spacial score (nSPS) is 11.0. The van der Waals surface area contributed by atoms with Gasteiger partial charge in [-0.1, -0.05) is 133 Å². The minimum atomic E-state index is 0.618. The quantitative estimate of drug-likeness (QED) is 0.158. The minimum Gasteiger partial charge on any atom is -0.265 e. The van der Waals surface area contributed by atoms with E-state index in [9.17, 15) is 0 Å². The van der Waals surface area contributed by atoms with E-state index in [2.05, 4.69) is 119 Å². The van der Waals surface area contributed by atoms with Crippen LogP contribution in [0.2, 0.25) is 0 Å². The van der Waals surface area contributed by atoms with Crippen molar-refractivity contribution in [2.45, 2.75) is 0 Å². The van der Waals surface area contributed by atoms with Crippen molar-refractivity contribution in [1.29, 1.82) is 0 Å². The van der Waals surface area contributed by atoms with Crippen LogP contribution in [0.4, 0.5) is 0 Å². The molecule has 0 spiro atoms. The Labute approximate surface area is 313 Å². The van der Waals surface area contributed by atoms with E-state index in [1.807, 2.05) is 66.7 Å². The summed E-state index contributed by atoms with van der Waals surface area (Å²) < 4.78 is 0. The SMILES string of the molecule is c1ccc(-c2ccc(-c3nc(-c4ccccc4)nc(-c4cccc(-c5ccc(-c6cc(-c7ccncc7)nc(-c7ccccn7)c6)cc5)c4)n3)cc2)cc1. The predicted molar refractivity (Wildman–Crippen MR) is 217 cm³/mol. The summed E-state index contributed by atoms with van der Waals surface area (Å²) in [5.41, 5.74) is 12.9. The maximum Gasteiger partial charge on any atom is 0.164 e. The highest BCUT2D eigenvalue weighted by Gasteiger charge is 2.14. The number of pyridine rings is 3. The van der Waals surface area contributed by atoms with Gasteiger partial charge in [0.1, 0.15) is 0 Å². The van der Waals surface area contributed by atoms with Crippen LogP contribution in [0.25, 0.3) is 90.2 Å². The minimum absolute atomic E-state index is 0.618. The molecule has 9 rings (SSSR count). The number of hydrogen-bond donors (Lipinski definition) is 0. The van der Waals surface area contributed by atoms with E-state index in [1.165, 1.54) is 5.56 Å². The molecule has 0 fully saturated rings. The van der Waals surface area contributed by atoms with Gasteiger partial charge in [-0.15, -0.1) is 0 Å².